The summed E-state index contributed by atoms with van der Waals surface area (Å²) in [6.07, 6.45) is 5.82. The zero-order valence-corrected chi connectivity index (χ0v) is 24.0. The van der Waals surface area contributed by atoms with Gasteiger partial charge in [-0.1, -0.05) is 25.1 Å². The molecule has 4 aromatic rings. The second-order valence-corrected chi connectivity index (χ2v) is 12.7. The first-order valence-electron chi connectivity index (χ1n) is 13.4. The van der Waals surface area contributed by atoms with Crippen molar-refractivity contribution >= 4 is 32.9 Å². The zero-order chi connectivity index (χ0) is 28.1. The van der Waals surface area contributed by atoms with Crippen LogP contribution in [0, 0.1) is 5.92 Å². The highest BCUT2D eigenvalue weighted by Crippen LogP contribution is 2.45. The summed E-state index contributed by atoms with van der Waals surface area (Å²) in [5.74, 6) is 2.30. The van der Waals surface area contributed by atoms with Crippen LogP contribution in [0.5, 0.6) is 11.5 Å². The molecule has 0 amide bonds. The van der Waals surface area contributed by atoms with E-state index in [1.807, 2.05) is 36.4 Å². The molecule has 0 aliphatic carbocycles. The monoisotopic (exact) mass is 562 g/mol. The van der Waals surface area contributed by atoms with Crippen molar-refractivity contribution in [3.8, 4) is 22.8 Å². The Labute approximate surface area is 234 Å². The lowest BCUT2D eigenvalue weighted by molar-refractivity contribution is -0.0256. The number of nitrogens with zero attached hydrogens (tertiary/aromatic N) is 4. The van der Waals surface area contributed by atoms with E-state index >= 15 is 0 Å². The number of aromatic nitrogens is 3. The lowest BCUT2D eigenvalue weighted by atomic mass is 9.75. The van der Waals surface area contributed by atoms with E-state index in [2.05, 4.69) is 28.6 Å². The average Bonchev–Trinajstić information content (AvgIpc) is 3.36. The summed E-state index contributed by atoms with van der Waals surface area (Å²) in [4.78, 5) is 4.53. The summed E-state index contributed by atoms with van der Waals surface area (Å²) in [6.45, 7) is 4.20. The van der Waals surface area contributed by atoms with Gasteiger partial charge in [0, 0.05) is 24.6 Å². The average molecular weight is 563 g/mol. The van der Waals surface area contributed by atoms with E-state index in [-0.39, 0.29) is 5.60 Å². The molecule has 2 aromatic heterocycles. The van der Waals surface area contributed by atoms with E-state index in [4.69, 9.17) is 14.6 Å². The highest BCUT2D eigenvalue weighted by Gasteiger charge is 2.43. The molecule has 40 heavy (non-hydrogen) atoms. The molecule has 0 radical (unpaired) electrons. The third-order valence-corrected chi connectivity index (χ3v) is 9.42. The standard InChI is InChI=1S/C29H34N6O4S/c1-19-15-20-16-23(27(38-3)17-26(20)39-29(19)11-13-30-14-12-29)32-28-31-18-21-9-10-25(35(21)33-28)22-7-5-6-8-24(22)34(2)40(4,36)37/h5-10,16-19,30H,11-15H2,1-4H3,(H,32,33)/t19-/m1/s1. The van der Waals surface area contributed by atoms with Gasteiger partial charge in [0.2, 0.25) is 16.0 Å². The van der Waals surface area contributed by atoms with Gasteiger partial charge in [0.05, 0.1) is 42.1 Å². The van der Waals surface area contributed by atoms with Crippen LogP contribution in [0.1, 0.15) is 25.3 Å². The minimum atomic E-state index is -3.45. The predicted molar refractivity (Wildman–Crippen MR) is 156 cm³/mol. The van der Waals surface area contributed by atoms with E-state index in [0.29, 0.717) is 23.3 Å². The molecule has 2 aliphatic heterocycles. The Hall–Kier alpha value is -3.83. The molecular formula is C29H34N6O4S. The Morgan fingerprint density at radius 1 is 1.18 bits per heavy atom. The summed E-state index contributed by atoms with van der Waals surface area (Å²) in [5, 5.41) is 11.6. The number of benzene rings is 2. The molecule has 1 atom stereocenters. The van der Waals surface area contributed by atoms with E-state index in [1.165, 1.54) is 10.6 Å². The fourth-order valence-corrected chi connectivity index (χ4v) is 6.35. The van der Waals surface area contributed by atoms with Crippen LogP contribution in [0.3, 0.4) is 0 Å². The smallest absolute Gasteiger partial charge is 0.245 e. The number of sulfonamides is 1. The van der Waals surface area contributed by atoms with Crippen molar-refractivity contribution in [3.05, 3.63) is 60.3 Å². The van der Waals surface area contributed by atoms with Crippen molar-refractivity contribution in [3.63, 3.8) is 0 Å². The minimum Gasteiger partial charge on any atom is -0.494 e. The van der Waals surface area contributed by atoms with Crippen molar-refractivity contribution < 1.29 is 17.9 Å². The first-order chi connectivity index (χ1) is 19.2. The van der Waals surface area contributed by atoms with Gasteiger partial charge in [-0.2, -0.15) is 0 Å². The number of hydrogen-bond donors (Lipinski definition) is 2. The number of rotatable bonds is 6. The number of para-hydroxylation sites is 1. The number of ether oxygens (including phenoxy) is 2. The van der Waals surface area contributed by atoms with Gasteiger partial charge in [-0.25, -0.2) is 17.9 Å². The molecule has 10 nitrogen and oxygen atoms in total. The largest absolute Gasteiger partial charge is 0.494 e. The van der Waals surface area contributed by atoms with Crippen LogP contribution in [0.15, 0.2) is 54.7 Å². The molecule has 1 spiro atoms. The molecule has 1 saturated heterocycles. The molecule has 2 aromatic carbocycles. The molecule has 6 rings (SSSR count). The molecule has 210 valence electrons. The van der Waals surface area contributed by atoms with Gasteiger partial charge < -0.3 is 20.1 Å². The Kier molecular flexibility index (Phi) is 6.58. The van der Waals surface area contributed by atoms with Gasteiger partial charge in [-0.05, 0) is 62.2 Å². The van der Waals surface area contributed by atoms with Crippen LogP contribution < -0.4 is 24.4 Å². The Balaban J connectivity index is 1.35. The highest BCUT2D eigenvalue weighted by molar-refractivity contribution is 7.92. The van der Waals surface area contributed by atoms with Crippen LogP contribution in [0.25, 0.3) is 16.8 Å². The molecule has 4 heterocycles. The maximum Gasteiger partial charge on any atom is 0.245 e. The summed E-state index contributed by atoms with van der Waals surface area (Å²) in [5.41, 5.74) is 4.57. The van der Waals surface area contributed by atoms with Gasteiger partial charge in [0.25, 0.3) is 0 Å². The maximum absolute atomic E-state index is 12.3. The summed E-state index contributed by atoms with van der Waals surface area (Å²) in [7, 11) is -0.260. The van der Waals surface area contributed by atoms with E-state index in [9.17, 15) is 8.42 Å². The van der Waals surface area contributed by atoms with Gasteiger partial charge in [0.15, 0.2) is 0 Å². The topological polar surface area (TPSA) is 110 Å². The zero-order valence-electron chi connectivity index (χ0n) is 23.1. The maximum atomic E-state index is 12.3. The highest BCUT2D eigenvalue weighted by atomic mass is 32.2. The number of nitrogens with one attached hydrogen (secondary N) is 2. The van der Waals surface area contributed by atoms with Crippen molar-refractivity contribution in [1.29, 1.82) is 0 Å². The first kappa shape index (κ1) is 26.4. The second kappa shape index (κ2) is 9.97. The number of piperidine rings is 1. The van der Waals surface area contributed by atoms with Gasteiger partial charge in [0.1, 0.15) is 17.1 Å². The lowest BCUT2D eigenvalue weighted by Gasteiger charge is -2.46. The number of anilines is 3. The van der Waals surface area contributed by atoms with E-state index < -0.39 is 10.0 Å². The van der Waals surface area contributed by atoms with Gasteiger partial charge in [-0.3, -0.25) is 4.31 Å². The Morgan fingerprint density at radius 3 is 2.70 bits per heavy atom. The molecule has 0 unspecified atom stereocenters. The van der Waals surface area contributed by atoms with Crippen molar-refractivity contribution in [1.82, 2.24) is 19.9 Å². The van der Waals surface area contributed by atoms with E-state index in [1.54, 1.807) is 30.9 Å². The number of fused-ring (bicyclic) bond motifs is 2. The Morgan fingerprint density at radius 2 is 1.95 bits per heavy atom. The molecule has 2 aliphatic rings. The quantitative estimate of drug-likeness (QED) is 0.359. The van der Waals surface area contributed by atoms with Crippen LogP contribution in [0.4, 0.5) is 17.3 Å². The predicted octanol–water partition coefficient (Wildman–Crippen LogP) is 4.24. The summed E-state index contributed by atoms with van der Waals surface area (Å²) >= 11 is 0. The van der Waals surface area contributed by atoms with Crippen LogP contribution in [-0.2, 0) is 16.4 Å². The van der Waals surface area contributed by atoms with Crippen molar-refractivity contribution in [2.24, 2.45) is 5.92 Å². The molecule has 0 saturated carbocycles. The molecule has 1 fully saturated rings. The van der Waals surface area contributed by atoms with Crippen molar-refractivity contribution in [2.45, 2.75) is 31.8 Å². The number of methoxy groups -OCH3 is 1. The van der Waals surface area contributed by atoms with Crippen LogP contribution in [0.2, 0.25) is 0 Å². The van der Waals surface area contributed by atoms with Gasteiger partial charge >= 0.3 is 0 Å². The number of hydrogen-bond acceptors (Lipinski definition) is 8. The Bertz CT molecular complexity index is 1680. The molecular weight excluding hydrogens is 528 g/mol. The summed E-state index contributed by atoms with van der Waals surface area (Å²) < 4.78 is 40.1. The molecule has 11 heteroatoms. The fraction of sp³-hybridized carbons (Fsp3) is 0.379. The van der Waals surface area contributed by atoms with Crippen LogP contribution >= 0.6 is 0 Å². The minimum absolute atomic E-state index is 0.140. The van der Waals surface area contributed by atoms with Gasteiger partial charge in [-0.15, -0.1) is 5.10 Å². The molecule has 2 N–H and O–H groups in total. The van der Waals surface area contributed by atoms with Crippen LogP contribution in [-0.4, -0.2) is 62.1 Å². The van der Waals surface area contributed by atoms with E-state index in [0.717, 1.165) is 66.1 Å². The lowest BCUT2D eigenvalue weighted by Crippen LogP contribution is -2.53. The van der Waals surface area contributed by atoms with Crippen molar-refractivity contribution in [2.75, 3.05) is 43.1 Å². The fourth-order valence-electron chi connectivity index (χ4n) is 5.83. The second-order valence-electron chi connectivity index (χ2n) is 10.7. The first-order valence-corrected chi connectivity index (χ1v) is 15.3. The summed E-state index contributed by atoms with van der Waals surface area (Å²) in [6, 6.07) is 15.2. The molecule has 0 bridgehead atoms. The normalized spacial score (nSPS) is 18.2. The third kappa shape index (κ3) is 4.62. The third-order valence-electron chi connectivity index (χ3n) is 8.23. The SMILES string of the molecule is COc1cc2c(cc1Nc1ncc3ccc(-c4ccccc4N(C)S(C)(=O)=O)n3n1)C[C@@H](C)C1(CCNCC1)O2.